The Kier molecular flexibility index (Phi) is 11.1. The highest BCUT2D eigenvalue weighted by Gasteiger charge is 2.70. The second-order valence-electron chi connectivity index (χ2n) is 17.1. The first-order valence-corrected chi connectivity index (χ1v) is 17.7. The zero-order chi connectivity index (χ0) is 35.8. The molecule has 4 N–H and O–H groups in total. The summed E-state index contributed by atoms with van der Waals surface area (Å²) in [5.74, 6) is -1.98. The molecule has 268 valence electrons. The van der Waals surface area contributed by atoms with Gasteiger partial charge in [-0.25, -0.2) is 4.79 Å². The number of nitrogens with one attached hydrogen (secondary N) is 4. The van der Waals surface area contributed by atoms with Gasteiger partial charge in [-0.3, -0.25) is 24.0 Å². The third kappa shape index (κ3) is 8.58. The third-order valence-corrected chi connectivity index (χ3v) is 10.9. The van der Waals surface area contributed by atoms with Crippen molar-refractivity contribution in [1.82, 2.24) is 31.1 Å². The van der Waals surface area contributed by atoms with Crippen molar-refractivity contribution in [2.45, 2.75) is 118 Å². The molecule has 1 unspecified atom stereocenters. The number of hydrogen-bond acceptors (Lipinski definition) is 6. The van der Waals surface area contributed by atoms with Crippen molar-refractivity contribution < 1.29 is 28.8 Å². The Morgan fingerprint density at radius 1 is 0.979 bits per heavy atom. The lowest BCUT2D eigenvalue weighted by atomic mass is 9.84. The van der Waals surface area contributed by atoms with Crippen molar-refractivity contribution in [3.8, 4) is 0 Å². The number of piperidine rings is 2. The lowest BCUT2D eigenvalue weighted by molar-refractivity contribution is -0.145. The molecule has 2 heterocycles. The standard InChI is InChI=1S/C36H58N6O6/c1-10-16-37-31(46)28(44)23(18-21-14-15-21)38-30(45)27-26-22(36(26,8)9)19-42(27)32(47)29(35(5,6)7)40-33(48)39-24(34(2,3)4)20-41-17-12-11-13-25(41)43/h10,21-24,26-27,29H,1,11-20H2,2-9H3,(H,37,46)(H,38,45)(H2,39,40,48)/t22-,23?,24+,26-,27-,29+/m0/s1. The van der Waals surface area contributed by atoms with Crippen molar-refractivity contribution >= 4 is 35.4 Å². The number of ketones is 1. The molecule has 0 aromatic carbocycles. The Morgan fingerprint density at radius 3 is 2.21 bits per heavy atom. The molecular weight excluding hydrogens is 612 g/mol. The number of carbonyl (C=O) groups excluding carboxylic acids is 6. The lowest BCUT2D eigenvalue weighted by Gasteiger charge is -2.40. The first-order valence-electron chi connectivity index (χ1n) is 17.7. The molecule has 4 rings (SSSR count). The summed E-state index contributed by atoms with van der Waals surface area (Å²) in [6, 6.07) is -3.67. The predicted octanol–water partition coefficient (Wildman–Crippen LogP) is 2.77. The molecule has 4 aliphatic rings. The van der Waals surface area contributed by atoms with E-state index in [9.17, 15) is 28.8 Å². The van der Waals surface area contributed by atoms with Crippen molar-refractivity contribution in [3.05, 3.63) is 12.7 Å². The van der Waals surface area contributed by atoms with Crippen LogP contribution in [0.4, 0.5) is 4.79 Å². The number of urea groups is 1. The molecule has 2 aliphatic heterocycles. The van der Waals surface area contributed by atoms with Gasteiger partial charge >= 0.3 is 6.03 Å². The number of carbonyl (C=O) groups is 6. The van der Waals surface area contributed by atoms with E-state index in [1.807, 2.05) is 41.5 Å². The maximum Gasteiger partial charge on any atom is 0.315 e. The second kappa shape index (κ2) is 14.2. The lowest BCUT2D eigenvalue weighted by Crippen LogP contribution is -2.63. The molecule has 2 aliphatic carbocycles. The van der Waals surface area contributed by atoms with Crippen LogP contribution in [-0.2, 0) is 24.0 Å². The first kappa shape index (κ1) is 37.4. The zero-order valence-electron chi connectivity index (χ0n) is 30.2. The van der Waals surface area contributed by atoms with E-state index < -0.39 is 47.2 Å². The molecule has 0 aromatic rings. The van der Waals surface area contributed by atoms with Gasteiger partial charge in [0, 0.05) is 32.6 Å². The van der Waals surface area contributed by atoms with E-state index >= 15 is 0 Å². The highest BCUT2D eigenvalue weighted by molar-refractivity contribution is 6.38. The number of Topliss-reactive ketones (excluding diaryl/α,β-unsaturated/α-hetero) is 1. The number of hydrogen-bond donors (Lipinski definition) is 4. The summed E-state index contributed by atoms with van der Waals surface area (Å²) in [6.45, 7) is 20.9. The molecule has 2 saturated heterocycles. The van der Waals surface area contributed by atoms with Crippen LogP contribution in [0.25, 0.3) is 0 Å². The molecule has 12 heteroatoms. The number of nitrogens with zero attached hydrogens (tertiary/aromatic N) is 2. The first-order chi connectivity index (χ1) is 22.3. The van der Waals surface area contributed by atoms with Gasteiger partial charge in [0.05, 0.1) is 12.1 Å². The summed E-state index contributed by atoms with van der Waals surface area (Å²) in [7, 11) is 0. The Hall–Kier alpha value is -3.44. The Balaban J connectivity index is 1.51. The van der Waals surface area contributed by atoms with E-state index in [4.69, 9.17) is 0 Å². The Bertz CT molecular complexity index is 1290. The molecule has 0 bridgehead atoms. The fourth-order valence-electron chi connectivity index (χ4n) is 7.36. The topological polar surface area (TPSA) is 157 Å². The van der Waals surface area contributed by atoms with Gasteiger partial charge in [-0.15, -0.1) is 6.58 Å². The number of likely N-dealkylation sites (tertiary alicyclic amines) is 2. The number of fused-ring (bicyclic) bond motifs is 1. The van der Waals surface area contributed by atoms with Crippen molar-refractivity contribution in [2.24, 2.45) is 34.0 Å². The van der Waals surface area contributed by atoms with Crippen LogP contribution in [0.2, 0.25) is 0 Å². The van der Waals surface area contributed by atoms with E-state index in [-0.39, 0.29) is 53.0 Å². The summed E-state index contributed by atoms with van der Waals surface area (Å²) < 4.78 is 0. The fraction of sp³-hybridized carbons (Fsp3) is 0.778. The predicted molar refractivity (Wildman–Crippen MR) is 182 cm³/mol. The average molecular weight is 671 g/mol. The maximum atomic E-state index is 14.4. The molecule has 12 nitrogen and oxygen atoms in total. The van der Waals surface area contributed by atoms with Crippen LogP contribution in [0.3, 0.4) is 0 Å². The maximum absolute atomic E-state index is 14.4. The normalized spacial score (nSPS) is 25.2. The van der Waals surface area contributed by atoms with Crippen LogP contribution in [0.5, 0.6) is 0 Å². The summed E-state index contributed by atoms with van der Waals surface area (Å²) in [5.41, 5.74) is -1.24. The summed E-state index contributed by atoms with van der Waals surface area (Å²) in [6.07, 6.45) is 6.03. The monoisotopic (exact) mass is 670 g/mol. The van der Waals surface area contributed by atoms with E-state index in [0.717, 1.165) is 25.7 Å². The minimum absolute atomic E-state index is 0.0822. The quantitative estimate of drug-likeness (QED) is 0.174. The highest BCUT2D eigenvalue weighted by Crippen LogP contribution is 2.65. The van der Waals surface area contributed by atoms with Crippen LogP contribution in [0, 0.1) is 34.0 Å². The Labute approximate surface area is 285 Å². The summed E-state index contributed by atoms with van der Waals surface area (Å²) in [5, 5.41) is 11.4. The molecule has 6 amide bonds. The largest absolute Gasteiger partial charge is 0.346 e. The van der Waals surface area contributed by atoms with Gasteiger partial charge < -0.3 is 31.1 Å². The van der Waals surface area contributed by atoms with Gasteiger partial charge in [0.15, 0.2) is 0 Å². The minimum atomic E-state index is -0.990. The number of rotatable bonds is 13. The summed E-state index contributed by atoms with van der Waals surface area (Å²) >= 11 is 0. The van der Waals surface area contributed by atoms with Gasteiger partial charge in [-0.05, 0) is 53.3 Å². The molecule has 4 fully saturated rings. The summed E-state index contributed by atoms with van der Waals surface area (Å²) in [4.78, 5) is 83.7. The van der Waals surface area contributed by atoms with Gasteiger partial charge in [0.2, 0.25) is 23.5 Å². The zero-order valence-corrected chi connectivity index (χ0v) is 30.2. The van der Waals surface area contributed by atoms with Crippen LogP contribution in [0.1, 0.15) is 93.9 Å². The molecule has 0 spiro atoms. The van der Waals surface area contributed by atoms with Gasteiger partial charge in [-0.2, -0.15) is 0 Å². The van der Waals surface area contributed by atoms with E-state index in [0.29, 0.717) is 32.5 Å². The molecule has 0 radical (unpaired) electrons. The van der Waals surface area contributed by atoms with Crippen LogP contribution in [0.15, 0.2) is 12.7 Å². The third-order valence-electron chi connectivity index (χ3n) is 10.9. The minimum Gasteiger partial charge on any atom is -0.346 e. The molecular formula is C36H58N6O6. The molecule has 6 atom stereocenters. The highest BCUT2D eigenvalue weighted by atomic mass is 16.2. The smallest absolute Gasteiger partial charge is 0.315 e. The molecule has 2 saturated carbocycles. The Morgan fingerprint density at radius 2 is 1.65 bits per heavy atom. The van der Waals surface area contributed by atoms with Crippen molar-refractivity contribution in [2.75, 3.05) is 26.2 Å². The van der Waals surface area contributed by atoms with Gasteiger partial charge in [0.1, 0.15) is 12.1 Å². The van der Waals surface area contributed by atoms with E-state index in [2.05, 4.69) is 41.7 Å². The van der Waals surface area contributed by atoms with Crippen molar-refractivity contribution in [1.29, 1.82) is 0 Å². The average Bonchev–Trinajstić information content (AvgIpc) is 3.84. The number of amides is 6. The van der Waals surface area contributed by atoms with E-state index in [1.54, 1.807) is 9.80 Å². The van der Waals surface area contributed by atoms with Gasteiger partial charge in [-0.1, -0.05) is 74.3 Å². The van der Waals surface area contributed by atoms with Crippen LogP contribution < -0.4 is 21.3 Å². The molecule has 0 aromatic heterocycles. The van der Waals surface area contributed by atoms with Crippen molar-refractivity contribution in [3.63, 3.8) is 0 Å². The second-order valence-corrected chi connectivity index (χ2v) is 17.1. The van der Waals surface area contributed by atoms with Gasteiger partial charge in [0.25, 0.3) is 5.91 Å². The van der Waals surface area contributed by atoms with Crippen LogP contribution >= 0.6 is 0 Å². The fourth-order valence-corrected chi connectivity index (χ4v) is 7.36. The van der Waals surface area contributed by atoms with Crippen LogP contribution in [-0.4, -0.2) is 95.6 Å². The SMILES string of the molecule is C=CCNC(=O)C(=O)C(CC1CC1)NC(=O)[C@@H]1[C@@H]2[C@H](CN1C(=O)[C@@H](NC(=O)N[C@H](CN1CCCCC1=O)C(C)(C)C)C(C)(C)C)C2(C)C. The molecule has 48 heavy (non-hydrogen) atoms. The van der Waals surface area contributed by atoms with E-state index in [1.165, 1.54) is 6.08 Å².